The SMILES string of the molecule is [CH2]c1ccccc1-c1sccc1C(C)=O. The van der Waals surface area contributed by atoms with E-state index in [1.54, 1.807) is 18.3 Å². The fraction of sp³-hybridized carbons (Fsp3) is 0.0769. The molecule has 0 bridgehead atoms. The van der Waals surface area contributed by atoms with Crippen LogP contribution in [0.3, 0.4) is 0 Å². The standard InChI is InChI=1S/C13H11OS/c1-9-5-3-4-6-11(9)13-12(10(2)14)7-8-15-13/h3-8H,1H2,2H3. The first kappa shape index (κ1) is 10.1. The Kier molecular flexibility index (Phi) is 2.69. The summed E-state index contributed by atoms with van der Waals surface area (Å²) in [6.07, 6.45) is 0. The van der Waals surface area contributed by atoms with Gasteiger partial charge in [-0.25, -0.2) is 0 Å². The van der Waals surface area contributed by atoms with Crippen molar-refractivity contribution >= 4 is 17.1 Å². The predicted octanol–water partition coefficient (Wildman–Crippen LogP) is 3.80. The molecule has 2 heteroatoms. The van der Waals surface area contributed by atoms with E-state index in [0.717, 1.165) is 21.6 Å². The largest absolute Gasteiger partial charge is 0.294 e. The third-order valence-corrected chi connectivity index (χ3v) is 3.25. The van der Waals surface area contributed by atoms with E-state index in [0.29, 0.717) is 0 Å². The second-order valence-electron chi connectivity index (χ2n) is 3.38. The second kappa shape index (κ2) is 3.99. The van der Waals surface area contributed by atoms with Crippen molar-refractivity contribution in [1.29, 1.82) is 0 Å². The summed E-state index contributed by atoms with van der Waals surface area (Å²) in [4.78, 5) is 12.4. The predicted molar refractivity (Wildman–Crippen MR) is 64.2 cm³/mol. The molecule has 0 spiro atoms. The van der Waals surface area contributed by atoms with Gasteiger partial charge in [0, 0.05) is 10.4 Å². The summed E-state index contributed by atoms with van der Waals surface area (Å²) in [6.45, 7) is 5.57. The van der Waals surface area contributed by atoms with Crippen molar-refractivity contribution in [2.24, 2.45) is 0 Å². The minimum absolute atomic E-state index is 0.106. The third kappa shape index (κ3) is 1.85. The molecule has 0 aliphatic rings. The van der Waals surface area contributed by atoms with Crippen LogP contribution in [0.2, 0.25) is 0 Å². The van der Waals surface area contributed by atoms with Crippen LogP contribution in [0.25, 0.3) is 10.4 Å². The maximum atomic E-state index is 11.4. The summed E-state index contributed by atoms with van der Waals surface area (Å²) in [5.41, 5.74) is 2.80. The molecule has 0 unspecified atom stereocenters. The van der Waals surface area contributed by atoms with Crippen molar-refractivity contribution < 1.29 is 4.79 Å². The molecule has 1 aromatic heterocycles. The molecule has 0 saturated carbocycles. The van der Waals surface area contributed by atoms with Gasteiger partial charge < -0.3 is 0 Å². The molecule has 75 valence electrons. The zero-order chi connectivity index (χ0) is 10.8. The monoisotopic (exact) mass is 215 g/mol. The fourth-order valence-corrected chi connectivity index (χ4v) is 2.54. The number of ketones is 1. The van der Waals surface area contributed by atoms with Crippen LogP contribution < -0.4 is 0 Å². The minimum atomic E-state index is 0.106. The maximum absolute atomic E-state index is 11.4. The summed E-state index contributed by atoms with van der Waals surface area (Å²) >= 11 is 1.58. The lowest BCUT2D eigenvalue weighted by molar-refractivity contribution is 0.101. The van der Waals surface area contributed by atoms with Crippen LogP contribution in [0.4, 0.5) is 0 Å². The Hall–Kier alpha value is -1.41. The van der Waals surface area contributed by atoms with Gasteiger partial charge in [-0.1, -0.05) is 24.3 Å². The lowest BCUT2D eigenvalue weighted by Gasteiger charge is -2.04. The molecule has 0 amide bonds. The Morgan fingerprint density at radius 1 is 1.27 bits per heavy atom. The summed E-state index contributed by atoms with van der Waals surface area (Å²) in [6, 6.07) is 9.74. The number of thiophene rings is 1. The van der Waals surface area contributed by atoms with Crippen LogP contribution in [0.5, 0.6) is 0 Å². The minimum Gasteiger partial charge on any atom is -0.294 e. The molecule has 0 N–H and O–H groups in total. The van der Waals surface area contributed by atoms with Gasteiger partial charge in [-0.15, -0.1) is 11.3 Å². The smallest absolute Gasteiger partial charge is 0.161 e. The van der Waals surface area contributed by atoms with Gasteiger partial charge >= 0.3 is 0 Å². The summed E-state index contributed by atoms with van der Waals surface area (Å²) in [5, 5.41) is 1.94. The van der Waals surface area contributed by atoms with E-state index in [9.17, 15) is 4.79 Å². The topological polar surface area (TPSA) is 17.1 Å². The molecule has 15 heavy (non-hydrogen) atoms. The van der Waals surface area contributed by atoms with Gasteiger partial charge in [0.2, 0.25) is 0 Å². The van der Waals surface area contributed by atoms with E-state index in [2.05, 4.69) is 6.92 Å². The molecule has 0 aliphatic heterocycles. The average molecular weight is 215 g/mol. The quantitative estimate of drug-likeness (QED) is 0.696. The van der Waals surface area contributed by atoms with Crippen LogP contribution in [0.15, 0.2) is 35.7 Å². The highest BCUT2D eigenvalue weighted by molar-refractivity contribution is 7.14. The Balaban J connectivity index is 2.59. The normalized spacial score (nSPS) is 10.3. The van der Waals surface area contributed by atoms with Gasteiger partial charge in [-0.3, -0.25) is 4.79 Å². The maximum Gasteiger partial charge on any atom is 0.161 e. The molecule has 1 nitrogen and oxygen atoms in total. The van der Waals surface area contributed by atoms with Crippen molar-refractivity contribution in [3.63, 3.8) is 0 Å². The molecular formula is C13H11OS. The van der Waals surface area contributed by atoms with Gasteiger partial charge in [0.25, 0.3) is 0 Å². The molecule has 1 heterocycles. The number of carbonyl (C=O) groups excluding carboxylic acids is 1. The van der Waals surface area contributed by atoms with Gasteiger partial charge in [0.15, 0.2) is 5.78 Å². The molecule has 2 aromatic rings. The van der Waals surface area contributed by atoms with Crippen molar-refractivity contribution in [3.8, 4) is 10.4 Å². The number of carbonyl (C=O) groups is 1. The molecule has 0 aliphatic carbocycles. The molecule has 0 saturated heterocycles. The first-order chi connectivity index (χ1) is 7.20. The van der Waals surface area contributed by atoms with Crippen molar-refractivity contribution in [3.05, 3.63) is 53.8 Å². The lowest BCUT2D eigenvalue weighted by Crippen LogP contribution is -1.92. The second-order valence-corrected chi connectivity index (χ2v) is 4.29. The van der Waals surface area contributed by atoms with Gasteiger partial charge in [-0.2, -0.15) is 0 Å². The Morgan fingerprint density at radius 2 is 2.00 bits per heavy atom. The fourth-order valence-electron chi connectivity index (χ4n) is 1.54. The zero-order valence-electron chi connectivity index (χ0n) is 8.49. The zero-order valence-corrected chi connectivity index (χ0v) is 9.30. The average Bonchev–Trinajstić information content (AvgIpc) is 2.67. The lowest BCUT2D eigenvalue weighted by atomic mass is 10.0. The van der Waals surface area contributed by atoms with Gasteiger partial charge in [0.05, 0.1) is 0 Å². The highest BCUT2D eigenvalue weighted by Crippen LogP contribution is 2.31. The molecule has 1 aromatic carbocycles. The van der Waals surface area contributed by atoms with Crippen LogP contribution >= 0.6 is 11.3 Å². The number of Topliss-reactive ketones (excluding diaryl/α,β-unsaturated/α-hetero) is 1. The molecule has 0 fully saturated rings. The first-order valence-electron chi connectivity index (χ1n) is 4.70. The Labute approximate surface area is 93.4 Å². The van der Waals surface area contributed by atoms with E-state index >= 15 is 0 Å². The van der Waals surface area contributed by atoms with E-state index in [1.165, 1.54) is 0 Å². The summed E-state index contributed by atoms with van der Waals surface area (Å²) < 4.78 is 0. The van der Waals surface area contributed by atoms with Crippen LogP contribution in [-0.4, -0.2) is 5.78 Å². The number of benzene rings is 1. The van der Waals surface area contributed by atoms with Crippen LogP contribution in [0, 0.1) is 6.92 Å². The van der Waals surface area contributed by atoms with E-state index in [4.69, 9.17) is 0 Å². The number of hydrogen-bond acceptors (Lipinski definition) is 2. The molecule has 0 atom stereocenters. The van der Waals surface area contributed by atoms with Crippen molar-refractivity contribution in [1.82, 2.24) is 0 Å². The Morgan fingerprint density at radius 3 is 2.67 bits per heavy atom. The highest BCUT2D eigenvalue weighted by atomic mass is 32.1. The van der Waals surface area contributed by atoms with Gasteiger partial charge in [0.1, 0.15) is 0 Å². The first-order valence-corrected chi connectivity index (χ1v) is 5.58. The van der Waals surface area contributed by atoms with Gasteiger partial charge in [-0.05, 0) is 36.4 Å². The van der Waals surface area contributed by atoms with Crippen LogP contribution in [-0.2, 0) is 0 Å². The molecule has 1 radical (unpaired) electrons. The summed E-state index contributed by atoms with van der Waals surface area (Å²) in [5.74, 6) is 0.106. The van der Waals surface area contributed by atoms with E-state index < -0.39 is 0 Å². The number of hydrogen-bond donors (Lipinski definition) is 0. The number of rotatable bonds is 2. The van der Waals surface area contributed by atoms with Crippen molar-refractivity contribution in [2.75, 3.05) is 0 Å². The van der Waals surface area contributed by atoms with E-state index in [1.807, 2.05) is 35.7 Å². The molecule has 2 rings (SSSR count). The third-order valence-electron chi connectivity index (χ3n) is 2.31. The van der Waals surface area contributed by atoms with E-state index in [-0.39, 0.29) is 5.78 Å². The highest BCUT2D eigenvalue weighted by Gasteiger charge is 2.11. The molecular weight excluding hydrogens is 204 g/mol. The Bertz CT molecular complexity index is 497. The summed E-state index contributed by atoms with van der Waals surface area (Å²) in [7, 11) is 0. The van der Waals surface area contributed by atoms with Crippen LogP contribution in [0.1, 0.15) is 22.8 Å². The van der Waals surface area contributed by atoms with Crippen molar-refractivity contribution in [2.45, 2.75) is 6.92 Å².